The number of aromatic hydroxyl groups is 1. The van der Waals surface area contributed by atoms with Crippen LogP contribution in [0.4, 0.5) is 0 Å². The fourth-order valence-corrected chi connectivity index (χ4v) is 2.94. The number of carbonyl (C=O) groups excluding carboxylic acids is 1. The molecule has 0 fully saturated rings. The van der Waals surface area contributed by atoms with Gasteiger partial charge in [-0.25, -0.2) is 5.43 Å². The lowest BCUT2D eigenvalue weighted by Crippen LogP contribution is -2.19. The molecule has 0 atom stereocenters. The Morgan fingerprint density at radius 1 is 1.38 bits per heavy atom. The van der Waals surface area contributed by atoms with Crippen LogP contribution in [-0.4, -0.2) is 30.1 Å². The van der Waals surface area contributed by atoms with Crippen LogP contribution in [0.15, 0.2) is 59.1 Å². The third kappa shape index (κ3) is 5.82. The Morgan fingerprint density at radius 2 is 2.12 bits per heavy atom. The highest BCUT2D eigenvalue weighted by Crippen LogP contribution is 2.31. The van der Waals surface area contributed by atoms with Crippen molar-refractivity contribution < 1.29 is 14.6 Å². The molecule has 1 amide bonds. The molecular weight excluding hydrogens is 372 g/mol. The Labute approximate surface area is 161 Å². The van der Waals surface area contributed by atoms with Gasteiger partial charge in [-0.2, -0.15) is 5.10 Å². The molecule has 136 valence electrons. The molecule has 5 nitrogen and oxygen atoms in total. The van der Waals surface area contributed by atoms with Crippen LogP contribution < -0.4 is 10.2 Å². The smallest absolute Gasteiger partial charge is 0.250 e. The molecule has 0 spiro atoms. The number of nitrogens with one attached hydrogen (secondary N) is 1. The van der Waals surface area contributed by atoms with Gasteiger partial charge in [0.25, 0.3) is 0 Å². The maximum absolute atomic E-state index is 11.9. The molecule has 0 heterocycles. The number of thioether (sulfide) groups is 1. The van der Waals surface area contributed by atoms with Gasteiger partial charge < -0.3 is 9.84 Å². The van der Waals surface area contributed by atoms with E-state index in [1.54, 1.807) is 30.3 Å². The summed E-state index contributed by atoms with van der Waals surface area (Å²) in [5.74, 6) is 0.432. The zero-order valence-electron chi connectivity index (χ0n) is 14.2. The van der Waals surface area contributed by atoms with Gasteiger partial charge in [0, 0.05) is 15.5 Å². The van der Waals surface area contributed by atoms with Crippen LogP contribution in [-0.2, 0) is 11.2 Å². The van der Waals surface area contributed by atoms with Gasteiger partial charge in [-0.15, -0.1) is 18.3 Å². The molecule has 2 aromatic rings. The molecule has 0 aliphatic carbocycles. The van der Waals surface area contributed by atoms with Crippen molar-refractivity contribution in [3.8, 4) is 11.5 Å². The zero-order valence-corrected chi connectivity index (χ0v) is 15.8. The largest absolute Gasteiger partial charge is 0.504 e. The molecule has 2 N–H and O–H groups in total. The van der Waals surface area contributed by atoms with Crippen molar-refractivity contribution in [2.75, 3.05) is 12.9 Å². The number of halogens is 1. The molecule has 0 aliphatic heterocycles. The number of hydrogen-bond acceptors (Lipinski definition) is 5. The lowest BCUT2D eigenvalue weighted by molar-refractivity contribution is -0.118. The van der Waals surface area contributed by atoms with E-state index in [0.29, 0.717) is 28.3 Å². The second-order valence-corrected chi connectivity index (χ2v) is 6.74. The van der Waals surface area contributed by atoms with Crippen molar-refractivity contribution in [1.29, 1.82) is 0 Å². The highest BCUT2D eigenvalue weighted by atomic mass is 35.5. The summed E-state index contributed by atoms with van der Waals surface area (Å²) >= 11 is 7.22. The maximum atomic E-state index is 11.9. The Kier molecular flexibility index (Phi) is 7.56. The Bertz CT molecular complexity index is 807. The topological polar surface area (TPSA) is 70.9 Å². The molecule has 0 saturated carbocycles. The van der Waals surface area contributed by atoms with Crippen molar-refractivity contribution in [2.45, 2.75) is 11.3 Å². The highest BCUT2D eigenvalue weighted by Gasteiger charge is 2.09. The van der Waals surface area contributed by atoms with Crippen molar-refractivity contribution in [1.82, 2.24) is 5.43 Å². The minimum Gasteiger partial charge on any atom is -0.504 e. The van der Waals surface area contributed by atoms with Crippen molar-refractivity contribution in [2.24, 2.45) is 5.10 Å². The highest BCUT2D eigenvalue weighted by molar-refractivity contribution is 8.00. The molecule has 2 aromatic carbocycles. The zero-order chi connectivity index (χ0) is 18.9. The fourth-order valence-electron chi connectivity index (χ4n) is 2.12. The SMILES string of the molecule is C=CCc1cc(/C=N\NC(=O)CSc2ccc(Cl)cc2)cc(OC)c1O. The number of amides is 1. The molecule has 0 unspecified atom stereocenters. The van der Waals surface area contributed by atoms with Crippen molar-refractivity contribution in [3.05, 3.63) is 65.2 Å². The molecule has 26 heavy (non-hydrogen) atoms. The molecule has 2 rings (SSSR count). The van der Waals surface area contributed by atoms with E-state index in [9.17, 15) is 9.90 Å². The van der Waals surface area contributed by atoms with Crippen LogP contribution in [0.5, 0.6) is 11.5 Å². The first-order chi connectivity index (χ1) is 12.5. The Hall–Kier alpha value is -2.44. The van der Waals surface area contributed by atoms with Crippen LogP contribution >= 0.6 is 23.4 Å². The number of nitrogens with zero attached hydrogens (tertiary/aromatic N) is 1. The third-order valence-electron chi connectivity index (χ3n) is 3.35. The summed E-state index contributed by atoms with van der Waals surface area (Å²) in [5, 5.41) is 14.7. The average Bonchev–Trinajstić information content (AvgIpc) is 2.64. The minimum atomic E-state index is -0.224. The van der Waals surface area contributed by atoms with E-state index in [1.165, 1.54) is 25.1 Å². The summed E-state index contributed by atoms with van der Waals surface area (Å²) < 4.78 is 5.15. The van der Waals surface area contributed by atoms with E-state index in [-0.39, 0.29) is 17.4 Å². The van der Waals surface area contributed by atoms with Crippen molar-refractivity contribution >= 4 is 35.5 Å². The van der Waals surface area contributed by atoms with Crippen LogP contribution in [0.1, 0.15) is 11.1 Å². The number of carbonyl (C=O) groups is 1. The van der Waals surface area contributed by atoms with E-state index in [1.807, 2.05) is 12.1 Å². The quantitative estimate of drug-likeness (QED) is 0.309. The predicted molar refractivity (Wildman–Crippen MR) is 106 cm³/mol. The van der Waals surface area contributed by atoms with E-state index in [0.717, 1.165) is 4.90 Å². The van der Waals surface area contributed by atoms with E-state index < -0.39 is 0 Å². The van der Waals surface area contributed by atoms with Gasteiger partial charge in [-0.1, -0.05) is 17.7 Å². The lowest BCUT2D eigenvalue weighted by atomic mass is 10.1. The molecule has 0 radical (unpaired) electrons. The van der Waals surface area contributed by atoms with Crippen LogP contribution in [0.3, 0.4) is 0 Å². The molecule has 0 bridgehead atoms. The summed E-state index contributed by atoms with van der Waals surface area (Å²) in [6.07, 6.45) is 3.68. The van der Waals surface area contributed by atoms with Gasteiger partial charge in [-0.05, 0) is 48.4 Å². The van der Waals surface area contributed by atoms with Gasteiger partial charge in [0.15, 0.2) is 11.5 Å². The summed E-state index contributed by atoms with van der Waals surface area (Å²) in [4.78, 5) is 12.8. The maximum Gasteiger partial charge on any atom is 0.250 e. The van der Waals surface area contributed by atoms with Crippen LogP contribution in [0.2, 0.25) is 5.02 Å². The summed E-state index contributed by atoms with van der Waals surface area (Å²) in [7, 11) is 1.48. The fraction of sp³-hybridized carbons (Fsp3) is 0.158. The van der Waals surface area contributed by atoms with Gasteiger partial charge in [0.2, 0.25) is 5.91 Å². The number of ether oxygens (including phenoxy) is 1. The van der Waals surface area contributed by atoms with Crippen LogP contribution in [0.25, 0.3) is 0 Å². The van der Waals surface area contributed by atoms with Gasteiger partial charge in [-0.3, -0.25) is 4.79 Å². The molecule has 0 aliphatic rings. The molecule has 0 aromatic heterocycles. The van der Waals surface area contributed by atoms with Gasteiger partial charge in [0.05, 0.1) is 19.1 Å². The summed E-state index contributed by atoms with van der Waals surface area (Å²) in [6, 6.07) is 10.7. The summed E-state index contributed by atoms with van der Waals surface area (Å²) in [5.41, 5.74) is 3.84. The number of hydrazone groups is 1. The predicted octanol–water partition coefficient (Wildman–Crippen LogP) is 4.03. The lowest BCUT2D eigenvalue weighted by Gasteiger charge is -2.09. The van der Waals surface area contributed by atoms with E-state index in [2.05, 4.69) is 17.1 Å². The number of phenolic OH excluding ortho intramolecular Hbond substituents is 1. The second-order valence-electron chi connectivity index (χ2n) is 5.26. The number of phenols is 1. The van der Waals surface area contributed by atoms with Gasteiger partial charge in [0.1, 0.15) is 0 Å². The Balaban J connectivity index is 1.94. The summed E-state index contributed by atoms with van der Waals surface area (Å²) in [6.45, 7) is 3.67. The monoisotopic (exact) mass is 390 g/mol. The standard InChI is InChI=1S/C19H19ClN2O3S/c1-3-4-14-9-13(10-17(25-2)19(14)24)11-21-22-18(23)12-26-16-7-5-15(20)6-8-16/h3,5-11,24H,1,4,12H2,2H3,(H,22,23)/b21-11-. The number of benzene rings is 2. The van der Waals surface area contributed by atoms with Crippen molar-refractivity contribution in [3.63, 3.8) is 0 Å². The Morgan fingerprint density at radius 3 is 2.77 bits per heavy atom. The van der Waals surface area contributed by atoms with E-state index >= 15 is 0 Å². The first-order valence-corrected chi connectivity index (χ1v) is 9.11. The van der Waals surface area contributed by atoms with E-state index in [4.69, 9.17) is 16.3 Å². The number of allylic oxidation sites excluding steroid dienone is 1. The van der Waals surface area contributed by atoms with Crippen LogP contribution in [0, 0.1) is 0 Å². The number of hydrogen-bond donors (Lipinski definition) is 2. The third-order valence-corrected chi connectivity index (χ3v) is 4.61. The molecule has 7 heteroatoms. The normalized spacial score (nSPS) is 10.7. The minimum absolute atomic E-state index is 0.0768. The van der Waals surface area contributed by atoms with Gasteiger partial charge >= 0.3 is 0 Å². The number of methoxy groups -OCH3 is 1. The second kappa shape index (κ2) is 9.89. The average molecular weight is 391 g/mol. The first kappa shape index (κ1) is 19.9. The molecular formula is C19H19ClN2O3S. The molecule has 0 saturated heterocycles. The first-order valence-electron chi connectivity index (χ1n) is 7.74. The number of rotatable bonds is 8.